The van der Waals surface area contributed by atoms with Gasteiger partial charge in [-0.05, 0) is 29.9 Å². The van der Waals surface area contributed by atoms with E-state index in [1.807, 2.05) is 24.3 Å². The van der Waals surface area contributed by atoms with Crippen LogP contribution in [0.15, 0.2) is 29.4 Å². The lowest BCUT2D eigenvalue weighted by molar-refractivity contribution is -0.128. The third kappa shape index (κ3) is 3.59. The molecule has 116 valence electrons. The van der Waals surface area contributed by atoms with Gasteiger partial charge in [0.1, 0.15) is 6.04 Å². The van der Waals surface area contributed by atoms with Crippen molar-refractivity contribution in [1.82, 2.24) is 10.7 Å². The molecule has 22 heavy (non-hydrogen) atoms. The summed E-state index contributed by atoms with van der Waals surface area (Å²) in [5.74, 6) is -0.571. The fraction of sp³-hybridized carbons (Fsp3) is 0.286. The molecule has 1 aromatic carbocycles. The van der Waals surface area contributed by atoms with Gasteiger partial charge >= 0.3 is 0 Å². The summed E-state index contributed by atoms with van der Waals surface area (Å²) in [4.78, 5) is 24.5. The number of anilines is 1. The number of thiocarbonyl (C=S) groups is 1. The lowest BCUT2D eigenvalue weighted by Crippen LogP contribution is -2.49. The predicted molar refractivity (Wildman–Crippen MR) is 88.5 cm³/mol. The van der Waals surface area contributed by atoms with Gasteiger partial charge in [-0.2, -0.15) is 5.10 Å². The Kier molecular flexibility index (Phi) is 4.71. The van der Waals surface area contributed by atoms with Crippen LogP contribution in [-0.4, -0.2) is 35.7 Å². The Hall–Kier alpha value is -2.48. The first-order valence-corrected chi connectivity index (χ1v) is 7.06. The molecular formula is C14H17N5O2S. The first kappa shape index (κ1) is 15.9. The van der Waals surface area contributed by atoms with Crippen molar-refractivity contribution in [3.8, 4) is 0 Å². The summed E-state index contributed by atoms with van der Waals surface area (Å²) in [6.07, 6.45) is 0.343. The number of nitrogens with one attached hydrogen (secondary N) is 2. The number of carbonyl (C=O) groups excluding carboxylic acids is 2. The van der Waals surface area contributed by atoms with E-state index in [2.05, 4.69) is 15.8 Å². The smallest absolute Gasteiger partial charge is 0.263 e. The van der Waals surface area contributed by atoms with Crippen molar-refractivity contribution in [3.63, 3.8) is 0 Å². The number of benzene rings is 1. The predicted octanol–water partition coefficient (Wildman–Crippen LogP) is 0.0951. The molecule has 1 aromatic rings. The summed E-state index contributed by atoms with van der Waals surface area (Å²) in [6.45, 7) is 1.37. The fourth-order valence-corrected chi connectivity index (χ4v) is 2.19. The molecule has 0 saturated heterocycles. The van der Waals surface area contributed by atoms with E-state index in [1.54, 1.807) is 11.9 Å². The van der Waals surface area contributed by atoms with Gasteiger partial charge in [-0.15, -0.1) is 0 Å². The molecule has 0 spiro atoms. The van der Waals surface area contributed by atoms with Crippen LogP contribution in [0.1, 0.15) is 18.9 Å². The number of amides is 2. The maximum atomic E-state index is 11.7. The van der Waals surface area contributed by atoms with Gasteiger partial charge in [-0.1, -0.05) is 12.1 Å². The summed E-state index contributed by atoms with van der Waals surface area (Å²) in [6, 6.07) is 6.85. The highest BCUT2D eigenvalue weighted by molar-refractivity contribution is 7.80. The molecule has 1 aliphatic rings. The Morgan fingerprint density at radius 1 is 1.45 bits per heavy atom. The molecule has 8 heteroatoms. The lowest BCUT2D eigenvalue weighted by atomic mass is 10.0. The van der Waals surface area contributed by atoms with Crippen LogP contribution in [0, 0.1) is 0 Å². The standard InChI is InChI=1S/C14H17N5O2S/c1-8(20)16-12-7-11(17-18-13(12)21)9-3-5-10(6-4-9)19(2)14(15)22/h3-6,12H,7H2,1-2H3,(H2,15,22)(H,16,20)(H,18,21). The molecule has 1 aliphatic heterocycles. The van der Waals surface area contributed by atoms with E-state index in [4.69, 9.17) is 18.0 Å². The molecule has 0 aromatic heterocycles. The Balaban J connectivity index is 2.16. The largest absolute Gasteiger partial charge is 0.376 e. The van der Waals surface area contributed by atoms with Crippen LogP contribution in [0.2, 0.25) is 0 Å². The van der Waals surface area contributed by atoms with E-state index in [9.17, 15) is 9.59 Å². The van der Waals surface area contributed by atoms with E-state index in [1.165, 1.54) is 6.92 Å². The van der Waals surface area contributed by atoms with Crippen molar-refractivity contribution in [2.45, 2.75) is 19.4 Å². The molecule has 2 rings (SSSR count). The zero-order chi connectivity index (χ0) is 16.3. The van der Waals surface area contributed by atoms with Crippen LogP contribution in [0.5, 0.6) is 0 Å². The quantitative estimate of drug-likeness (QED) is 0.686. The maximum Gasteiger partial charge on any atom is 0.263 e. The minimum Gasteiger partial charge on any atom is -0.376 e. The number of rotatable bonds is 3. The average Bonchev–Trinajstić information content (AvgIpc) is 2.48. The van der Waals surface area contributed by atoms with Crippen LogP contribution in [0.3, 0.4) is 0 Å². The number of nitrogens with two attached hydrogens (primary N) is 1. The molecule has 2 amide bonds. The molecule has 7 nitrogen and oxygen atoms in total. The van der Waals surface area contributed by atoms with Crippen LogP contribution < -0.4 is 21.4 Å². The number of hydrogen-bond acceptors (Lipinski definition) is 4. The highest BCUT2D eigenvalue weighted by atomic mass is 32.1. The molecule has 1 heterocycles. The summed E-state index contributed by atoms with van der Waals surface area (Å²) in [5.41, 5.74) is 10.4. The van der Waals surface area contributed by atoms with Gasteiger partial charge in [0, 0.05) is 26.1 Å². The minimum atomic E-state index is -0.607. The highest BCUT2D eigenvalue weighted by Crippen LogP contribution is 2.17. The van der Waals surface area contributed by atoms with Gasteiger partial charge in [0.25, 0.3) is 5.91 Å². The first-order valence-electron chi connectivity index (χ1n) is 6.65. The van der Waals surface area contributed by atoms with Crippen molar-refractivity contribution in [2.24, 2.45) is 10.8 Å². The van der Waals surface area contributed by atoms with Gasteiger partial charge in [-0.3, -0.25) is 9.59 Å². The van der Waals surface area contributed by atoms with Crippen molar-refractivity contribution in [2.75, 3.05) is 11.9 Å². The summed E-state index contributed by atoms with van der Waals surface area (Å²) in [7, 11) is 1.78. The number of hydrazone groups is 1. The van der Waals surface area contributed by atoms with Gasteiger partial charge in [0.05, 0.1) is 5.71 Å². The van der Waals surface area contributed by atoms with Crippen LogP contribution in [0.25, 0.3) is 0 Å². The maximum absolute atomic E-state index is 11.7. The third-order valence-corrected chi connectivity index (χ3v) is 3.58. The summed E-state index contributed by atoms with van der Waals surface area (Å²) < 4.78 is 0. The topological polar surface area (TPSA) is 99.8 Å². The van der Waals surface area contributed by atoms with E-state index in [0.29, 0.717) is 12.1 Å². The summed E-state index contributed by atoms with van der Waals surface area (Å²) >= 11 is 4.92. The second-order valence-corrected chi connectivity index (χ2v) is 5.35. The fourth-order valence-electron chi connectivity index (χ4n) is 2.08. The highest BCUT2D eigenvalue weighted by Gasteiger charge is 2.26. The van der Waals surface area contributed by atoms with Crippen LogP contribution >= 0.6 is 12.2 Å². The number of hydrogen-bond donors (Lipinski definition) is 3. The normalized spacial score (nSPS) is 17.3. The van der Waals surface area contributed by atoms with Gasteiger partial charge in [0.2, 0.25) is 5.91 Å². The van der Waals surface area contributed by atoms with Gasteiger partial charge in [0.15, 0.2) is 5.11 Å². The molecular weight excluding hydrogens is 302 g/mol. The van der Waals surface area contributed by atoms with Crippen molar-refractivity contribution >= 4 is 40.5 Å². The number of nitrogens with zero attached hydrogens (tertiary/aromatic N) is 2. The molecule has 0 fully saturated rings. The van der Waals surface area contributed by atoms with Crippen LogP contribution in [-0.2, 0) is 9.59 Å². The van der Waals surface area contributed by atoms with Gasteiger partial charge < -0.3 is 16.0 Å². The number of carbonyl (C=O) groups is 2. The summed E-state index contributed by atoms with van der Waals surface area (Å²) in [5, 5.41) is 6.93. The first-order chi connectivity index (χ1) is 10.4. The lowest BCUT2D eigenvalue weighted by Gasteiger charge is -2.22. The van der Waals surface area contributed by atoms with Crippen molar-refractivity contribution < 1.29 is 9.59 Å². The molecule has 0 saturated carbocycles. The molecule has 1 atom stereocenters. The van der Waals surface area contributed by atoms with E-state index >= 15 is 0 Å². The second kappa shape index (κ2) is 6.52. The Labute approximate surface area is 133 Å². The van der Waals surface area contributed by atoms with Gasteiger partial charge in [-0.25, -0.2) is 5.43 Å². The molecule has 1 unspecified atom stereocenters. The minimum absolute atomic E-state index is 0.255. The average molecular weight is 319 g/mol. The van der Waals surface area contributed by atoms with Crippen molar-refractivity contribution in [1.29, 1.82) is 0 Å². The Morgan fingerprint density at radius 2 is 2.09 bits per heavy atom. The third-order valence-electron chi connectivity index (χ3n) is 3.31. The molecule has 0 aliphatic carbocycles. The molecule has 4 N–H and O–H groups in total. The SMILES string of the molecule is CC(=O)NC1CC(c2ccc(N(C)C(N)=S)cc2)=NNC1=O. The van der Waals surface area contributed by atoms with E-state index < -0.39 is 6.04 Å². The molecule has 0 bridgehead atoms. The van der Waals surface area contributed by atoms with E-state index in [0.717, 1.165) is 11.3 Å². The zero-order valence-corrected chi connectivity index (χ0v) is 13.1. The zero-order valence-electron chi connectivity index (χ0n) is 12.3. The van der Waals surface area contributed by atoms with Crippen molar-refractivity contribution in [3.05, 3.63) is 29.8 Å². The van der Waals surface area contributed by atoms with Crippen LogP contribution in [0.4, 0.5) is 5.69 Å². The van der Waals surface area contributed by atoms with E-state index in [-0.39, 0.29) is 16.9 Å². The monoisotopic (exact) mass is 319 g/mol. The Bertz CT molecular complexity index is 641. The Morgan fingerprint density at radius 3 is 2.64 bits per heavy atom. The molecule has 0 radical (unpaired) electrons. The second-order valence-electron chi connectivity index (χ2n) is 4.94.